The molecule has 0 aliphatic carbocycles. The number of aliphatic hydroxyl groups excluding tert-OH is 1. The zero-order valence-electron chi connectivity index (χ0n) is 14.3. The Bertz CT molecular complexity index is 695. The van der Waals surface area contributed by atoms with Crippen LogP contribution in [-0.2, 0) is 4.79 Å². The van der Waals surface area contributed by atoms with E-state index in [-0.39, 0.29) is 11.7 Å². The van der Waals surface area contributed by atoms with Gasteiger partial charge in [0.1, 0.15) is 0 Å². The van der Waals surface area contributed by atoms with Crippen molar-refractivity contribution in [1.29, 1.82) is 0 Å². The van der Waals surface area contributed by atoms with Gasteiger partial charge in [-0.25, -0.2) is 0 Å². The number of hydrogen-bond donors (Lipinski definition) is 1. The van der Waals surface area contributed by atoms with Crippen LogP contribution in [0.3, 0.4) is 0 Å². The molecule has 0 saturated heterocycles. The molecule has 0 saturated carbocycles. The second-order valence-electron chi connectivity index (χ2n) is 5.83. The molecule has 0 spiro atoms. The topological polar surface area (TPSA) is 57.6 Å². The van der Waals surface area contributed by atoms with Crippen LogP contribution >= 0.6 is 0 Å². The highest BCUT2D eigenvalue weighted by Crippen LogP contribution is 2.26. The summed E-state index contributed by atoms with van der Waals surface area (Å²) in [4.78, 5) is 25.8. The molecule has 0 unspecified atom stereocenters. The molecule has 2 aromatic rings. The highest BCUT2D eigenvalue weighted by Gasteiger charge is 2.28. The second kappa shape index (κ2) is 7.88. The molecule has 1 amide bonds. The first-order valence-corrected chi connectivity index (χ1v) is 8.11. The number of para-hydroxylation sites is 1. The number of amides is 1. The van der Waals surface area contributed by atoms with E-state index in [0.29, 0.717) is 17.7 Å². The van der Waals surface area contributed by atoms with Crippen LogP contribution in [-0.4, -0.2) is 23.3 Å². The van der Waals surface area contributed by atoms with Gasteiger partial charge < -0.3 is 10.0 Å². The number of carbonyl (C=O) groups is 2. The standard InChI is InChI=1S/C20H23NO3/c1-4-21(18-8-6-5-7-9-18)20(24)14(2)19(23)17-12-10-16(11-13-17)15(3)22/h5-14,19,23H,4H2,1-3H3/t14-,19+/m1/s1. The highest BCUT2D eigenvalue weighted by atomic mass is 16.3. The van der Waals surface area contributed by atoms with Crippen molar-refractivity contribution in [3.63, 3.8) is 0 Å². The Labute approximate surface area is 142 Å². The molecule has 0 bridgehead atoms. The van der Waals surface area contributed by atoms with Gasteiger partial charge in [-0.2, -0.15) is 0 Å². The fourth-order valence-corrected chi connectivity index (χ4v) is 2.66. The van der Waals surface area contributed by atoms with Crippen LogP contribution in [0.5, 0.6) is 0 Å². The van der Waals surface area contributed by atoms with Gasteiger partial charge in [-0.15, -0.1) is 0 Å². The molecular formula is C20H23NO3. The number of ketones is 1. The lowest BCUT2D eigenvalue weighted by Crippen LogP contribution is -2.37. The van der Waals surface area contributed by atoms with Gasteiger partial charge in [0.15, 0.2) is 5.78 Å². The molecule has 2 rings (SSSR count). The maximum Gasteiger partial charge on any atom is 0.232 e. The van der Waals surface area contributed by atoms with E-state index in [2.05, 4.69) is 0 Å². The molecule has 0 aliphatic heterocycles. The summed E-state index contributed by atoms with van der Waals surface area (Å²) in [6, 6.07) is 16.2. The number of anilines is 1. The number of carbonyl (C=O) groups excluding carboxylic acids is 2. The van der Waals surface area contributed by atoms with Crippen LogP contribution in [0.15, 0.2) is 54.6 Å². The second-order valence-corrected chi connectivity index (χ2v) is 5.83. The minimum absolute atomic E-state index is 0.0265. The lowest BCUT2D eigenvalue weighted by molar-refractivity contribution is -0.125. The fourth-order valence-electron chi connectivity index (χ4n) is 2.66. The van der Waals surface area contributed by atoms with Gasteiger partial charge in [0.25, 0.3) is 0 Å². The Hall–Kier alpha value is -2.46. The van der Waals surface area contributed by atoms with E-state index in [1.54, 1.807) is 36.1 Å². The molecule has 126 valence electrons. The van der Waals surface area contributed by atoms with E-state index in [1.165, 1.54) is 6.92 Å². The number of nitrogens with zero attached hydrogens (tertiary/aromatic N) is 1. The first-order chi connectivity index (χ1) is 11.5. The monoisotopic (exact) mass is 325 g/mol. The van der Waals surface area contributed by atoms with Gasteiger partial charge in [-0.05, 0) is 31.5 Å². The number of aliphatic hydroxyl groups is 1. The molecule has 0 aliphatic rings. The van der Waals surface area contributed by atoms with Crippen LogP contribution in [0.25, 0.3) is 0 Å². The van der Waals surface area contributed by atoms with Crippen LogP contribution < -0.4 is 4.90 Å². The van der Waals surface area contributed by atoms with Gasteiger partial charge in [-0.3, -0.25) is 9.59 Å². The van der Waals surface area contributed by atoms with Crippen molar-refractivity contribution in [1.82, 2.24) is 0 Å². The molecule has 4 heteroatoms. The van der Waals surface area contributed by atoms with Crippen molar-refractivity contribution >= 4 is 17.4 Å². The van der Waals surface area contributed by atoms with Gasteiger partial charge >= 0.3 is 0 Å². The molecule has 0 heterocycles. The summed E-state index contributed by atoms with van der Waals surface area (Å²) in [5, 5.41) is 10.5. The van der Waals surface area contributed by atoms with E-state index in [4.69, 9.17) is 0 Å². The van der Waals surface area contributed by atoms with Crippen molar-refractivity contribution in [2.24, 2.45) is 5.92 Å². The smallest absolute Gasteiger partial charge is 0.232 e. The molecule has 2 aromatic carbocycles. The van der Waals surface area contributed by atoms with Crippen molar-refractivity contribution in [2.45, 2.75) is 26.9 Å². The number of hydrogen-bond acceptors (Lipinski definition) is 3. The Morgan fingerprint density at radius 2 is 1.62 bits per heavy atom. The summed E-state index contributed by atoms with van der Waals surface area (Å²) in [7, 11) is 0. The van der Waals surface area contributed by atoms with E-state index < -0.39 is 12.0 Å². The quantitative estimate of drug-likeness (QED) is 0.825. The van der Waals surface area contributed by atoms with Crippen molar-refractivity contribution in [3.05, 3.63) is 65.7 Å². The van der Waals surface area contributed by atoms with Crippen LogP contribution in [0, 0.1) is 5.92 Å². The highest BCUT2D eigenvalue weighted by molar-refractivity contribution is 5.95. The van der Waals surface area contributed by atoms with Gasteiger partial charge in [0.2, 0.25) is 5.91 Å². The Kier molecular flexibility index (Phi) is 5.88. The summed E-state index contributed by atoms with van der Waals surface area (Å²) in [6.07, 6.45) is -0.920. The van der Waals surface area contributed by atoms with Crippen molar-refractivity contribution in [2.75, 3.05) is 11.4 Å². The molecule has 0 aromatic heterocycles. The summed E-state index contributed by atoms with van der Waals surface area (Å²) in [5.41, 5.74) is 2.03. The third-order valence-corrected chi connectivity index (χ3v) is 4.17. The van der Waals surface area contributed by atoms with E-state index in [0.717, 1.165) is 5.69 Å². The van der Waals surface area contributed by atoms with Gasteiger partial charge in [0.05, 0.1) is 12.0 Å². The molecule has 1 N–H and O–H groups in total. The predicted octanol–water partition coefficient (Wildman–Crippen LogP) is 3.61. The normalized spacial score (nSPS) is 13.2. The third kappa shape index (κ3) is 3.89. The van der Waals surface area contributed by atoms with Crippen LogP contribution in [0.2, 0.25) is 0 Å². The fraction of sp³-hybridized carbons (Fsp3) is 0.300. The molecule has 0 radical (unpaired) electrons. The molecule has 24 heavy (non-hydrogen) atoms. The van der Waals surface area contributed by atoms with Gasteiger partial charge in [-0.1, -0.05) is 49.4 Å². The summed E-state index contributed by atoms with van der Waals surface area (Å²) in [6.45, 7) is 5.66. The van der Waals surface area contributed by atoms with E-state index in [9.17, 15) is 14.7 Å². The molecular weight excluding hydrogens is 302 g/mol. The van der Waals surface area contributed by atoms with Crippen molar-refractivity contribution in [3.8, 4) is 0 Å². The SMILES string of the molecule is CCN(C(=O)[C@H](C)[C@H](O)c1ccc(C(C)=O)cc1)c1ccccc1. The number of rotatable bonds is 6. The third-order valence-electron chi connectivity index (χ3n) is 4.17. The van der Waals surface area contributed by atoms with Crippen LogP contribution in [0.4, 0.5) is 5.69 Å². The lowest BCUT2D eigenvalue weighted by Gasteiger charge is -2.27. The first kappa shape index (κ1) is 17.9. The van der Waals surface area contributed by atoms with Gasteiger partial charge in [0, 0.05) is 17.8 Å². The predicted molar refractivity (Wildman–Crippen MR) is 95.0 cm³/mol. The Balaban J connectivity index is 2.18. The summed E-state index contributed by atoms with van der Waals surface area (Å²) < 4.78 is 0. The first-order valence-electron chi connectivity index (χ1n) is 8.11. The van der Waals surface area contributed by atoms with Crippen LogP contribution in [0.1, 0.15) is 42.8 Å². The lowest BCUT2D eigenvalue weighted by atomic mass is 9.94. The zero-order chi connectivity index (χ0) is 17.7. The zero-order valence-corrected chi connectivity index (χ0v) is 14.3. The maximum atomic E-state index is 12.8. The van der Waals surface area contributed by atoms with Crippen molar-refractivity contribution < 1.29 is 14.7 Å². The molecule has 4 nitrogen and oxygen atoms in total. The average Bonchev–Trinajstić information content (AvgIpc) is 2.62. The van der Waals surface area contributed by atoms with E-state index >= 15 is 0 Å². The minimum atomic E-state index is -0.920. The Morgan fingerprint density at radius 3 is 2.12 bits per heavy atom. The summed E-state index contributed by atoms with van der Waals surface area (Å²) >= 11 is 0. The molecule has 0 fully saturated rings. The van der Waals surface area contributed by atoms with E-state index in [1.807, 2.05) is 37.3 Å². The number of Topliss-reactive ketones (excluding diaryl/α,β-unsaturated/α-hetero) is 1. The largest absolute Gasteiger partial charge is 0.388 e. The number of benzene rings is 2. The maximum absolute atomic E-state index is 12.8. The Morgan fingerprint density at radius 1 is 1.04 bits per heavy atom. The summed E-state index contributed by atoms with van der Waals surface area (Å²) in [5.74, 6) is -0.749. The molecule has 2 atom stereocenters. The average molecular weight is 325 g/mol. The minimum Gasteiger partial charge on any atom is -0.388 e.